The second-order valence-corrected chi connectivity index (χ2v) is 8.06. The molecule has 0 fully saturated rings. The average Bonchev–Trinajstić information content (AvgIpc) is 3.05. The number of halogens is 3. The van der Waals surface area contributed by atoms with Crippen LogP contribution in [0.3, 0.4) is 0 Å². The monoisotopic (exact) mass is 408 g/mol. The molecular weight excluding hydrogens is 389 g/mol. The van der Waals surface area contributed by atoms with Gasteiger partial charge in [-0.25, -0.2) is 4.98 Å². The Hall–Kier alpha value is -2.42. The minimum Gasteiger partial charge on any atom is -0.300 e. The minimum absolute atomic E-state index is 0.244. The highest BCUT2D eigenvalue weighted by molar-refractivity contribution is 7.22. The molecule has 0 unspecified atom stereocenters. The summed E-state index contributed by atoms with van der Waals surface area (Å²) in [5.41, 5.74) is 1.78. The fraction of sp³-hybridized carbons (Fsp3) is 0.421. The van der Waals surface area contributed by atoms with Gasteiger partial charge in [-0.05, 0) is 50.3 Å². The predicted octanol–water partition coefficient (Wildman–Crippen LogP) is 4.73. The summed E-state index contributed by atoms with van der Waals surface area (Å²) in [7, 11) is 0. The van der Waals surface area contributed by atoms with Crippen LogP contribution in [-0.2, 0) is 30.4 Å². The minimum atomic E-state index is -4.51. The number of fused-ring (bicyclic) bond motifs is 2. The molecule has 1 aliphatic rings. The first-order valence-electron chi connectivity index (χ1n) is 9.14. The zero-order valence-electron chi connectivity index (χ0n) is 15.3. The third-order valence-electron chi connectivity index (χ3n) is 4.86. The number of aryl methyl sites for hydroxylation is 1. The first-order valence-corrected chi connectivity index (χ1v) is 9.96. The number of alkyl halides is 3. The molecule has 2 heterocycles. The quantitative estimate of drug-likeness (QED) is 0.638. The number of nitrogens with zero attached hydrogens (tertiary/aromatic N) is 3. The van der Waals surface area contributed by atoms with Gasteiger partial charge in [-0.3, -0.25) is 9.48 Å². The lowest BCUT2D eigenvalue weighted by Gasteiger charge is -2.07. The highest BCUT2D eigenvalue weighted by Gasteiger charge is 2.39. The summed E-state index contributed by atoms with van der Waals surface area (Å²) in [6.07, 6.45) is -1.27. The van der Waals surface area contributed by atoms with Crippen molar-refractivity contribution in [3.63, 3.8) is 0 Å². The van der Waals surface area contributed by atoms with Crippen molar-refractivity contribution in [3.05, 3.63) is 40.7 Å². The number of carbonyl (C=O) groups excluding carboxylic acids is 1. The Morgan fingerprint density at radius 3 is 2.82 bits per heavy atom. The van der Waals surface area contributed by atoms with E-state index in [9.17, 15) is 18.0 Å². The van der Waals surface area contributed by atoms with E-state index < -0.39 is 17.8 Å². The van der Waals surface area contributed by atoms with Gasteiger partial charge >= 0.3 is 6.18 Å². The Labute approximate surface area is 163 Å². The van der Waals surface area contributed by atoms with Crippen LogP contribution < -0.4 is 5.32 Å². The molecule has 0 saturated carbocycles. The van der Waals surface area contributed by atoms with E-state index in [0.717, 1.165) is 28.6 Å². The number of benzene rings is 1. The standard InChI is InChI=1S/C19H19F3N4OS/c1-11-7-8-13-15(9-11)28-18(23-13)24-16(27)10-26-14-6-4-2-3-5-12(14)17(25-26)19(20,21)22/h7-9H,2-6,10H2,1H3,(H,23,24,27). The molecule has 1 amide bonds. The number of hydrogen-bond acceptors (Lipinski definition) is 4. The van der Waals surface area contributed by atoms with Crippen LogP contribution in [0.2, 0.25) is 0 Å². The van der Waals surface area contributed by atoms with Crippen LogP contribution in [0.1, 0.15) is 41.8 Å². The predicted molar refractivity (Wildman–Crippen MR) is 101 cm³/mol. The summed E-state index contributed by atoms with van der Waals surface area (Å²) in [6, 6.07) is 5.79. The third kappa shape index (κ3) is 3.76. The fourth-order valence-electron chi connectivity index (χ4n) is 3.59. The van der Waals surface area contributed by atoms with Crippen LogP contribution in [0.25, 0.3) is 10.2 Å². The van der Waals surface area contributed by atoms with Gasteiger partial charge in [-0.1, -0.05) is 23.8 Å². The molecule has 0 radical (unpaired) electrons. The molecular formula is C19H19F3N4OS. The Balaban J connectivity index is 1.57. The maximum absolute atomic E-state index is 13.4. The van der Waals surface area contributed by atoms with Crippen LogP contribution in [0.5, 0.6) is 0 Å². The van der Waals surface area contributed by atoms with Crippen LogP contribution in [0, 0.1) is 6.92 Å². The molecule has 4 rings (SSSR count). The molecule has 148 valence electrons. The van der Waals surface area contributed by atoms with Crippen molar-refractivity contribution >= 4 is 32.6 Å². The zero-order valence-corrected chi connectivity index (χ0v) is 16.1. The molecule has 1 aliphatic carbocycles. The molecule has 0 spiro atoms. The Morgan fingerprint density at radius 1 is 1.25 bits per heavy atom. The lowest BCUT2D eigenvalue weighted by Crippen LogP contribution is -2.21. The highest BCUT2D eigenvalue weighted by atomic mass is 32.1. The lowest BCUT2D eigenvalue weighted by molar-refractivity contribution is -0.142. The number of amides is 1. The van der Waals surface area contributed by atoms with Crippen LogP contribution in [0.4, 0.5) is 18.3 Å². The smallest absolute Gasteiger partial charge is 0.300 e. The van der Waals surface area contributed by atoms with Gasteiger partial charge in [0.2, 0.25) is 5.91 Å². The number of anilines is 1. The molecule has 0 bridgehead atoms. The number of nitrogens with one attached hydrogen (secondary N) is 1. The van der Waals surface area contributed by atoms with E-state index >= 15 is 0 Å². The molecule has 1 N–H and O–H groups in total. The first-order chi connectivity index (χ1) is 13.3. The number of aromatic nitrogens is 3. The van der Waals surface area contributed by atoms with E-state index in [1.54, 1.807) is 0 Å². The van der Waals surface area contributed by atoms with Gasteiger partial charge in [0.25, 0.3) is 0 Å². The summed E-state index contributed by atoms with van der Waals surface area (Å²) < 4.78 is 42.3. The van der Waals surface area contributed by atoms with Crippen molar-refractivity contribution in [3.8, 4) is 0 Å². The van der Waals surface area contributed by atoms with Gasteiger partial charge < -0.3 is 5.32 Å². The van der Waals surface area contributed by atoms with Crippen molar-refractivity contribution in [1.82, 2.24) is 14.8 Å². The van der Waals surface area contributed by atoms with E-state index in [4.69, 9.17) is 0 Å². The van der Waals surface area contributed by atoms with Gasteiger partial charge in [0.1, 0.15) is 6.54 Å². The normalized spacial score (nSPS) is 14.7. The summed E-state index contributed by atoms with van der Waals surface area (Å²) in [5.74, 6) is -0.431. The van der Waals surface area contributed by atoms with Crippen LogP contribution in [-0.4, -0.2) is 20.7 Å². The van der Waals surface area contributed by atoms with E-state index in [2.05, 4.69) is 15.4 Å². The number of carbonyl (C=O) groups is 1. The molecule has 9 heteroatoms. The number of rotatable bonds is 3. The Morgan fingerprint density at radius 2 is 2.04 bits per heavy atom. The summed E-state index contributed by atoms with van der Waals surface area (Å²) in [5, 5.41) is 6.88. The Bertz CT molecular complexity index is 1040. The van der Waals surface area contributed by atoms with Crippen molar-refractivity contribution in [2.45, 2.75) is 51.7 Å². The van der Waals surface area contributed by atoms with Crippen molar-refractivity contribution in [2.75, 3.05) is 5.32 Å². The van der Waals surface area contributed by atoms with Gasteiger partial charge in [0, 0.05) is 11.3 Å². The van der Waals surface area contributed by atoms with E-state index in [1.165, 1.54) is 16.0 Å². The van der Waals surface area contributed by atoms with Crippen molar-refractivity contribution in [1.29, 1.82) is 0 Å². The lowest BCUT2D eigenvalue weighted by atomic mass is 10.1. The first kappa shape index (κ1) is 18.9. The third-order valence-corrected chi connectivity index (χ3v) is 5.79. The van der Waals surface area contributed by atoms with Gasteiger partial charge in [-0.15, -0.1) is 0 Å². The summed E-state index contributed by atoms with van der Waals surface area (Å²) >= 11 is 1.34. The van der Waals surface area contributed by atoms with Gasteiger partial charge in [0.05, 0.1) is 10.2 Å². The zero-order chi connectivity index (χ0) is 19.9. The van der Waals surface area contributed by atoms with E-state index in [-0.39, 0.29) is 12.1 Å². The molecule has 28 heavy (non-hydrogen) atoms. The molecule has 0 saturated heterocycles. The van der Waals surface area contributed by atoms with Crippen LogP contribution >= 0.6 is 11.3 Å². The highest BCUT2D eigenvalue weighted by Crippen LogP contribution is 2.35. The van der Waals surface area contributed by atoms with Crippen LogP contribution in [0.15, 0.2) is 18.2 Å². The van der Waals surface area contributed by atoms with E-state index in [0.29, 0.717) is 30.1 Å². The van der Waals surface area contributed by atoms with E-state index in [1.807, 2.05) is 25.1 Å². The van der Waals surface area contributed by atoms with Gasteiger partial charge in [0.15, 0.2) is 10.8 Å². The van der Waals surface area contributed by atoms with Gasteiger partial charge in [-0.2, -0.15) is 18.3 Å². The maximum atomic E-state index is 13.4. The second-order valence-electron chi connectivity index (χ2n) is 7.03. The fourth-order valence-corrected chi connectivity index (χ4v) is 4.57. The summed E-state index contributed by atoms with van der Waals surface area (Å²) in [4.78, 5) is 16.8. The molecule has 0 atom stereocenters. The van der Waals surface area contributed by atoms with Crippen molar-refractivity contribution < 1.29 is 18.0 Å². The SMILES string of the molecule is Cc1ccc2nc(NC(=O)Cn3nc(C(F)(F)F)c4c3CCCCC4)sc2c1. The molecule has 1 aromatic carbocycles. The average molecular weight is 408 g/mol. The summed E-state index contributed by atoms with van der Waals surface area (Å²) in [6.45, 7) is 1.71. The van der Waals surface area contributed by atoms with Crippen molar-refractivity contribution in [2.24, 2.45) is 0 Å². The maximum Gasteiger partial charge on any atom is 0.435 e. The molecule has 2 aromatic heterocycles. The second kappa shape index (κ2) is 7.20. The number of thiazole rings is 1. The number of hydrogen-bond donors (Lipinski definition) is 1. The molecule has 0 aliphatic heterocycles. The largest absolute Gasteiger partial charge is 0.435 e. The molecule has 5 nitrogen and oxygen atoms in total. The molecule has 3 aromatic rings. The topological polar surface area (TPSA) is 59.8 Å². The Kier molecular flexibility index (Phi) is 4.86.